The van der Waals surface area contributed by atoms with Gasteiger partial charge in [0.05, 0.1) is 0 Å². The molecule has 1 aliphatic carbocycles. The third kappa shape index (κ3) is 1.90. The molecule has 0 spiro atoms. The fourth-order valence-electron chi connectivity index (χ4n) is 2.15. The lowest BCUT2D eigenvalue weighted by Gasteiger charge is -2.10. The van der Waals surface area contributed by atoms with Gasteiger partial charge in [0.25, 0.3) is 0 Å². The number of hydrogen-bond acceptors (Lipinski definition) is 0. The minimum atomic E-state index is 1.10. The first-order valence-electron chi connectivity index (χ1n) is 5.68. The highest BCUT2D eigenvalue weighted by atomic mass is 14.1. The third-order valence-electron chi connectivity index (χ3n) is 3.20. The Labute approximate surface area is 92.3 Å². The minimum Gasteiger partial charge on any atom is -0.0798 e. The molecule has 1 aromatic rings. The second-order valence-corrected chi connectivity index (χ2v) is 4.27. The third-order valence-corrected chi connectivity index (χ3v) is 3.20. The number of rotatable bonds is 2. The molecule has 78 valence electrons. The lowest BCUT2D eigenvalue weighted by Crippen LogP contribution is -1.91. The van der Waals surface area contributed by atoms with Crippen molar-refractivity contribution in [2.24, 2.45) is 0 Å². The Kier molecular flexibility index (Phi) is 2.77. The summed E-state index contributed by atoms with van der Waals surface area (Å²) in [5, 5.41) is 0. The van der Waals surface area contributed by atoms with Gasteiger partial charge in [0.15, 0.2) is 0 Å². The van der Waals surface area contributed by atoms with Gasteiger partial charge in [0.1, 0.15) is 0 Å². The lowest BCUT2D eigenvalue weighted by molar-refractivity contribution is 1.13. The van der Waals surface area contributed by atoms with Gasteiger partial charge in [-0.2, -0.15) is 0 Å². The Morgan fingerprint density at radius 2 is 2.00 bits per heavy atom. The van der Waals surface area contributed by atoms with Crippen LogP contribution in [0, 0.1) is 6.92 Å². The summed E-state index contributed by atoms with van der Waals surface area (Å²) >= 11 is 0. The van der Waals surface area contributed by atoms with Gasteiger partial charge in [-0.05, 0) is 54.5 Å². The van der Waals surface area contributed by atoms with Crippen molar-refractivity contribution in [1.29, 1.82) is 0 Å². The molecule has 0 fully saturated rings. The van der Waals surface area contributed by atoms with E-state index in [0.29, 0.717) is 0 Å². The number of benzene rings is 1. The molecule has 0 heterocycles. The van der Waals surface area contributed by atoms with Gasteiger partial charge in [0.2, 0.25) is 0 Å². The van der Waals surface area contributed by atoms with Crippen LogP contribution in [0.2, 0.25) is 0 Å². The Hall–Kier alpha value is -1.30. The van der Waals surface area contributed by atoms with Gasteiger partial charge < -0.3 is 0 Å². The van der Waals surface area contributed by atoms with E-state index in [9.17, 15) is 0 Å². The molecule has 0 unspecified atom stereocenters. The summed E-state index contributed by atoms with van der Waals surface area (Å²) in [4.78, 5) is 0. The minimum absolute atomic E-state index is 1.10. The molecule has 2 rings (SSSR count). The molecular formula is C15H18. The molecule has 1 aliphatic rings. The van der Waals surface area contributed by atoms with Crippen molar-refractivity contribution in [3.8, 4) is 0 Å². The standard InChI is InChI=1S/C15H18/c1-4-13-9-8-12(3)15(10-13)14-7-5-6-11(14)2/h5-6,8-10H,4,7H2,1-3H3. The summed E-state index contributed by atoms with van der Waals surface area (Å²) < 4.78 is 0. The van der Waals surface area contributed by atoms with Crippen molar-refractivity contribution in [3.63, 3.8) is 0 Å². The van der Waals surface area contributed by atoms with Gasteiger partial charge in [-0.1, -0.05) is 37.3 Å². The van der Waals surface area contributed by atoms with E-state index in [-0.39, 0.29) is 0 Å². The maximum Gasteiger partial charge on any atom is -0.00856 e. The van der Waals surface area contributed by atoms with E-state index < -0.39 is 0 Å². The van der Waals surface area contributed by atoms with E-state index in [1.807, 2.05) is 0 Å². The lowest BCUT2D eigenvalue weighted by atomic mass is 9.95. The number of hydrogen-bond donors (Lipinski definition) is 0. The Morgan fingerprint density at radius 1 is 1.20 bits per heavy atom. The summed E-state index contributed by atoms with van der Waals surface area (Å²) in [6, 6.07) is 6.82. The first kappa shape index (κ1) is 10.2. The second-order valence-electron chi connectivity index (χ2n) is 4.27. The van der Waals surface area contributed by atoms with Crippen LogP contribution in [0.1, 0.15) is 37.0 Å². The maximum atomic E-state index is 2.35. The Morgan fingerprint density at radius 3 is 2.60 bits per heavy atom. The zero-order valence-corrected chi connectivity index (χ0v) is 9.80. The predicted molar refractivity (Wildman–Crippen MR) is 66.9 cm³/mol. The number of aryl methyl sites for hydroxylation is 2. The molecule has 0 aromatic heterocycles. The van der Waals surface area contributed by atoms with Crippen LogP contribution in [-0.4, -0.2) is 0 Å². The second kappa shape index (κ2) is 4.06. The largest absolute Gasteiger partial charge is 0.0798 e. The smallest absolute Gasteiger partial charge is 0.00856 e. The maximum absolute atomic E-state index is 2.35. The van der Waals surface area contributed by atoms with Crippen molar-refractivity contribution in [3.05, 3.63) is 52.6 Å². The van der Waals surface area contributed by atoms with Crippen LogP contribution in [0.3, 0.4) is 0 Å². The van der Waals surface area contributed by atoms with E-state index in [0.717, 1.165) is 12.8 Å². The van der Waals surface area contributed by atoms with Crippen LogP contribution in [0.15, 0.2) is 35.9 Å². The van der Waals surface area contributed by atoms with Gasteiger partial charge in [0, 0.05) is 0 Å². The monoisotopic (exact) mass is 198 g/mol. The highest BCUT2D eigenvalue weighted by Crippen LogP contribution is 2.31. The average molecular weight is 198 g/mol. The average Bonchev–Trinajstić information content (AvgIpc) is 2.65. The van der Waals surface area contributed by atoms with Crippen LogP contribution < -0.4 is 0 Å². The van der Waals surface area contributed by atoms with Crippen LogP contribution in [-0.2, 0) is 6.42 Å². The zero-order chi connectivity index (χ0) is 10.8. The molecule has 1 aromatic carbocycles. The van der Waals surface area contributed by atoms with Crippen molar-refractivity contribution < 1.29 is 0 Å². The van der Waals surface area contributed by atoms with E-state index in [2.05, 4.69) is 51.1 Å². The molecule has 0 bridgehead atoms. The van der Waals surface area contributed by atoms with Crippen molar-refractivity contribution in [1.82, 2.24) is 0 Å². The molecule has 15 heavy (non-hydrogen) atoms. The molecule has 0 atom stereocenters. The molecule has 0 amide bonds. The first-order valence-corrected chi connectivity index (χ1v) is 5.68. The fourth-order valence-corrected chi connectivity index (χ4v) is 2.15. The summed E-state index contributed by atoms with van der Waals surface area (Å²) in [7, 11) is 0. The van der Waals surface area contributed by atoms with Gasteiger partial charge in [-0.15, -0.1) is 0 Å². The molecule has 0 saturated carbocycles. The van der Waals surface area contributed by atoms with Crippen LogP contribution in [0.5, 0.6) is 0 Å². The van der Waals surface area contributed by atoms with Crippen LogP contribution in [0.25, 0.3) is 5.57 Å². The highest BCUT2D eigenvalue weighted by molar-refractivity contribution is 5.76. The molecule has 0 heteroatoms. The van der Waals surface area contributed by atoms with E-state index >= 15 is 0 Å². The SMILES string of the molecule is CCc1ccc(C)c(C2=C(C)C=CC2)c1. The van der Waals surface area contributed by atoms with Crippen molar-refractivity contribution in [2.75, 3.05) is 0 Å². The first-order chi connectivity index (χ1) is 7.22. The van der Waals surface area contributed by atoms with Crippen LogP contribution in [0.4, 0.5) is 0 Å². The van der Waals surface area contributed by atoms with Gasteiger partial charge >= 0.3 is 0 Å². The van der Waals surface area contributed by atoms with E-state index in [1.165, 1.54) is 27.8 Å². The predicted octanol–water partition coefficient (Wildman–Crippen LogP) is 4.29. The topological polar surface area (TPSA) is 0 Å². The highest BCUT2D eigenvalue weighted by Gasteiger charge is 2.10. The summed E-state index contributed by atoms with van der Waals surface area (Å²) in [5.74, 6) is 0. The molecule has 0 aliphatic heterocycles. The van der Waals surface area contributed by atoms with Crippen molar-refractivity contribution >= 4 is 5.57 Å². The normalized spacial score (nSPS) is 15.1. The van der Waals surface area contributed by atoms with Crippen molar-refractivity contribution in [2.45, 2.75) is 33.6 Å². The Balaban J connectivity index is 2.48. The van der Waals surface area contributed by atoms with E-state index in [4.69, 9.17) is 0 Å². The van der Waals surface area contributed by atoms with Gasteiger partial charge in [-0.25, -0.2) is 0 Å². The fraction of sp³-hybridized carbons (Fsp3) is 0.333. The van der Waals surface area contributed by atoms with Crippen LogP contribution >= 0.6 is 0 Å². The zero-order valence-electron chi connectivity index (χ0n) is 9.80. The van der Waals surface area contributed by atoms with E-state index in [1.54, 1.807) is 0 Å². The summed E-state index contributed by atoms with van der Waals surface area (Å²) in [6.45, 7) is 6.62. The van der Waals surface area contributed by atoms with Gasteiger partial charge in [-0.3, -0.25) is 0 Å². The summed E-state index contributed by atoms with van der Waals surface area (Å²) in [5.41, 5.74) is 7.19. The molecule has 0 saturated heterocycles. The molecule has 0 nitrogen and oxygen atoms in total. The molecule has 0 N–H and O–H groups in total. The molecule has 0 radical (unpaired) electrons. The summed E-state index contributed by atoms with van der Waals surface area (Å²) in [6.07, 6.45) is 6.70. The Bertz CT molecular complexity index is 433. The number of allylic oxidation sites excluding steroid dienone is 4. The quantitative estimate of drug-likeness (QED) is 0.665. The molecular weight excluding hydrogens is 180 g/mol.